The van der Waals surface area contributed by atoms with Gasteiger partial charge in [0.25, 0.3) is 6.47 Å². The van der Waals surface area contributed by atoms with Crippen LogP contribution in [-0.4, -0.2) is 40.3 Å². The maximum Gasteiger partial charge on any atom is 0.294 e. The molecular formula is C11H19NO4. The molecule has 5 nitrogen and oxygen atoms in total. The number of nitrogens with zero attached hydrogens (tertiary/aromatic N) is 1. The molecule has 3 atom stereocenters. The monoisotopic (exact) mass is 229 g/mol. The third-order valence-electron chi connectivity index (χ3n) is 2.11. The first-order valence-corrected chi connectivity index (χ1v) is 5.10. The SMILES string of the molecule is C=CC(O)N(C(O)C=C)C(CCC)OC=O. The van der Waals surface area contributed by atoms with E-state index >= 15 is 0 Å². The third kappa shape index (κ3) is 4.14. The number of carbonyl (C=O) groups is 1. The average molecular weight is 229 g/mol. The van der Waals surface area contributed by atoms with Crippen LogP contribution in [0.25, 0.3) is 0 Å². The van der Waals surface area contributed by atoms with Crippen LogP contribution < -0.4 is 0 Å². The second kappa shape index (κ2) is 8.04. The average Bonchev–Trinajstić information content (AvgIpc) is 2.29. The van der Waals surface area contributed by atoms with Gasteiger partial charge in [-0.3, -0.25) is 4.79 Å². The van der Waals surface area contributed by atoms with Crippen molar-refractivity contribution in [2.75, 3.05) is 0 Å². The smallest absolute Gasteiger partial charge is 0.294 e. The number of carbonyl (C=O) groups excluding carboxylic acids is 1. The highest BCUT2D eigenvalue weighted by molar-refractivity contribution is 5.37. The highest BCUT2D eigenvalue weighted by Gasteiger charge is 2.28. The molecule has 3 unspecified atom stereocenters. The summed E-state index contributed by atoms with van der Waals surface area (Å²) in [4.78, 5) is 11.6. The number of hydrogen-bond acceptors (Lipinski definition) is 5. The second-order valence-electron chi connectivity index (χ2n) is 3.22. The van der Waals surface area contributed by atoms with Gasteiger partial charge < -0.3 is 14.9 Å². The first-order chi connectivity index (χ1) is 7.62. The number of aliphatic hydroxyl groups is 2. The molecule has 0 saturated heterocycles. The predicted molar refractivity (Wildman–Crippen MR) is 60.1 cm³/mol. The molecule has 0 aliphatic carbocycles. The number of aliphatic hydroxyl groups excluding tert-OH is 2. The summed E-state index contributed by atoms with van der Waals surface area (Å²) < 4.78 is 4.82. The van der Waals surface area contributed by atoms with E-state index in [-0.39, 0.29) is 0 Å². The van der Waals surface area contributed by atoms with Crippen molar-refractivity contribution < 1.29 is 19.7 Å². The van der Waals surface area contributed by atoms with Gasteiger partial charge in [0, 0.05) is 0 Å². The molecule has 0 aliphatic heterocycles. The van der Waals surface area contributed by atoms with Gasteiger partial charge in [-0.05, 0) is 18.6 Å². The topological polar surface area (TPSA) is 70.0 Å². The molecule has 0 heterocycles. The van der Waals surface area contributed by atoms with Gasteiger partial charge in [-0.2, -0.15) is 0 Å². The minimum Gasteiger partial charge on any atom is -0.448 e. The molecule has 0 aromatic heterocycles. The summed E-state index contributed by atoms with van der Waals surface area (Å²) >= 11 is 0. The van der Waals surface area contributed by atoms with Gasteiger partial charge in [0.15, 0.2) is 6.23 Å². The zero-order chi connectivity index (χ0) is 12.6. The van der Waals surface area contributed by atoms with E-state index in [1.807, 2.05) is 6.92 Å². The molecule has 0 bridgehead atoms. The molecule has 0 rings (SSSR count). The lowest BCUT2D eigenvalue weighted by atomic mass is 10.2. The summed E-state index contributed by atoms with van der Waals surface area (Å²) in [6, 6.07) is 0. The van der Waals surface area contributed by atoms with E-state index in [1.165, 1.54) is 17.1 Å². The molecule has 0 spiro atoms. The molecule has 16 heavy (non-hydrogen) atoms. The van der Waals surface area contributed by atoms with Crippen molar-refractivity contribution in [1.29, 1.82) is 0 Å². The normalized spacial score (nSPS) is 16.2. The fourth-order valence-corrected chi connectivity index (χ4v) is 1.34. The zero-order valence-electron chi connectivity index (χ0n) is 9.45. The minimum atomic E-state index is -1.11. The summed E-state index contributed by atoms with van der Waals surface area (Å²) in [6.45, 7) is 9.03. The van der Waals surface area contributed by atoms with Crippen LogP contribution in [0.3, 0.4) is 0 Å². The van der Waals surface area contributed by atoms with Crippen molar-refractivity contribution in [3.05, 3.63) is 25.3 Å². The van der Waals surface area contributed by atoms with Crippen molar-refractivity contribution in [2.45, 2.75) is 38.4 Å². The van der Waals surface area contributed by atoms with Crippen LogP contribution in [0.2, 0.25) is 0 Å². The van der Waals surface area contributed by atoms with E-state index in [0.717, 1.165) is 6.42 Å². The van der Waals surface area contributed by atoms with Crippen LogP contribution in [0.15, 0.2) is 25.3 Å². The van der Waals surface area contributed by atoms with Crippen LogP contribution in [0.1, 0.15) is 19.8 Å². The zero-order valence-corrected chi connectivity index (χ0v) is 9.45. The van der Waals surface area contributed by atoms with Crippen molar-refractivity contribution in [1.82, 2.24) is 4.90 Å². The maximum atomic E-state index is 10.4. The molecule has 2 N–H and O–H groups in total. The minimum absolute atomic E-state index is 0.291. The summed E-state index contributed by atoms with van der Waals surface area (Å²) in [5.74, 6) is 0. The standard InChI is InChI=1S/C11H19NO4/c1-4-7-11(16-8-13)12(9(14)5-2)10(15)6-3/h5-6,8-11,14-15H,2-4,7H2,1H3. The van der Waals surface area contributed by atoms with Gasteiger partial charge in [0.2, 0.25) is 0 Å². The Labute approximate surface area is 95.6 Å². The van der Waals surface area contributed by atoms with Gasteiger partial charge in [0.1, 0.15) is 12.5 Å². The number of hydrogen-bond donors (Lipinski definition) is 2. The van der Waals surface area contributed by atoms with Crippen molar-refractivity contribution >= 4 is 6.47 Å². The van der Waals surface area contributed by atoms with Gasteiger partial charge in [-0.1, -0.05) is 26.5 Å². The lowest BCUT2D eigenvalue weighted by Gasteiger charge is -2.34. The molecule has 0 fully saturated rings. The van der Waals surface area contributed by atoms with E-state index in [9.17, 15) is 15.0 Å². The first kappa shape index (κ1) is 14.8. The molecule has 0 radical (unpaired) electrons. The largest absolute Gasteiger partial charge is 0.448 e. The molecule has 92 valence electrons. The van der Waals surface area contributed by atoms with Crippen molar-refractivity contribution in [3.63, 3.8) is 0 Å². The Kier molecular flexibility index (Phi) is 7.45. The predicted octanol–water partition coefficient (Wildman–Crippen LogP) is 0.596. The van der Waals surface area contributed by atoms with Crippen LogP contribution in [0.4, 0.5) is 0 Å². The van der Waals surface area contributed by atoms with E-state index in [1.54, 1.807) is 0 Å². The van der Waals surface area contributed by atoms with Gasteiger partial charge in [0.05, 0.1) is 0 Å². The molecule has 0 saturated carbocycles. The van der Waals surface area contributed by atoms with Crippen molar-refractivity contribution in [3.8, 4) is 0 Å². The second-order valence-corrected chi connectivity index (χ2v) is 3.22. The van der Waals surface area contributed by atoms with Gasteiger partial charge in [-0.25, -0.2) is 4.90 Å². The number of rotatable bonds is 9. The first-order valence-electron chi connectivity index (χ1n) is 5.10. The highest BCUT2D eigenvalue weighted by Crippen LogP contribution is 2.15. The lowest BCUT2D eigenvalue weighted by Crippen LogP contribution is -2.49. The lowest BCUT2D eigenvalue weighted by molar-refractivity contribution is -0.175. The summed E-state index contributed by atoms with van der Waals surface area (Å²) in [5, 5.41) is 19.3. The fourth-order valence-electron chi connectivity index (χ4n) is 1.34. The highest BCUT2D eigenvalue weighted by atomic mass is 16.5. The van der Waals surface area contributed by atoms with E-state index in [0.29, 0.717) is 12.9 Å². The van der Waals surface area contributed by atoms with Crippen molar-refractivity contribution in [2.24, 2.45) is 0 Å². The maximum absolute atomic E-state index is 10.4. The molecule has 0 amide bonds. The molecule has 0 aliphatic rings. The Balaban J connectivity index is 4.84. The summed E-state index contributed by atoms with van der Waals surface area (Å²) in [7, 11) is 0. The summed E-state index contributed by atoms with van der Waals surface area (Å²) in [6.07, 6.45) is 0.794. The Hall–Kier alpha value is -1.17. The van der Waals surface area contributed by atoms with Crippen LogP contribution in [0.5, 0.6) is 0 Å². The Morgan fingerprint density at radius 1 is 1.31 bits per heavy atom. The van der Waals surface area contributed by atoms with E-state index in [2.05, 4.69) is 13.2 Å². The van der Waals surface area contributed by atoms with Gasteiger partial charge >= 0.3 is 0 Å². The van der Waals surface area contributed by atoms with E-state index < -0.39 is 18.7 Å². The Morgan fingerprint density at radius 2 is 1.81 bits per heavy atom. The van der Waals surface area contributed by atoms with E-state index in [4.69, 9.17) is 4.74 Å². The molecular weight excluding hydrogens is 210 g/mol. The van der Waals surface area contributed by atoms with Crippen LogP contribution >= 0.6 is 0 Å². The van der Waals surface area contributed by atoms with Crippen LogP contribution in [-0.2, 0) is 9.53 Å². The van der Waals surface area contributed by atoms with Crippen LogP contribution in [0, 0.1) is 0 Å². The Morgan fingerprint density at radius 3 is 2.12 bits per heavy atom. The molecule has 0 aromatic carbocycles. The summed E-state index contributed by atoms with van der Waals surface area (Å²) in [5.41, 5.74) is 0. The fraction of sp³-hybridized carbons (Fsp3) is 0.545. The molecule has 5 heteroatoms. The third-order valence-corrected chi connectivity index (χ3v) is 2.11. The quantitative estimate of drug-likeness (QED) is 0.344. The molecule has 0 aromatic rings. The Bertz CT molecular complexity index is 218. The van der Waals surface area contributed by atoms with Gasteiger partial charge in [-0.15, -0.1) is 0 Å². The number of ether oxygens (including phenoxy) is 1.